The Morgan fingerprint density at radius 3 is 2.74 bits per heavy atom. The number of carboxylic acid groups (broad SMARTS) is 1. The minimum Gasteiger partial charge on any atom is -0.476 e. The van der Waals surface area contributed by atoms with Crippen LogP contribution in [0.3, 0.4) is 0 Å². The first kappa shape index (κ1) is 13.3. The van der Waals surface area contributed by atoms with E-state index in [9.17, 15) is 9.90 Å². The van der Waals surface area contributed by atoms with Gasteiger partial charge in [-0.1, -0.05) is 42.8 Å². The lowest BCUT2D eigenvalue weighted by Gasteiger charge is -2.09. The quantitative estimate of drug-likeness (QED) is 0.896. The molecule has 0 spiro atoms. The third kappa shape index (κ3) is 2.65. The molecule has 0 unspecified atom stereocenters. The number of rotatable bonds is 5. The summed E-state index contributed by atoms with van der Waals surface area (Å²) in [6.45, 7) is 4.72. The van der Waals surface area contributed by atoms with Crippen molar-refractivity contribution in [2.24, 2.45) is 0 Å². The second-order valence-electron chi connectivity index (χ2n) is 4.48. The minimum absolute atomic E-state index is 0.0189. The van der Waals surface area contributed by atoms with Crippen molar-refractivity contribution in [2.75, 3.05) is 0 Å². The van der Waals surface area contributed by atoms with E-state index in [0.717, 1.165) is 24.0 Å². The van der Waals surface area contributed by atoms with Gasteiger partial charge in [0.2, 0.25) is 0 Å². The average molecular weight is 259 g/mol. The van der Waals surface area contributed by atoms with E-state index in [0.29, 0.717) is 12.2 Å². The predicted molar refractivity (Wildman–Crippen MR) is 72.1 cm³/mol. The van der Waals surface area contributed by atoms with Crippen molar-refractivity contribution in [1.82, 2.24) is 15.0 Å². The van der Waals surface area contributed by atoms with Gasteiger partial charge in [0.25, 0.3) is 0 Å². The Hall–Kier alpha value is -2.17. The van der Waals surface area contributed by atoms with Gasteiger partial charge in [0, 0.05) is 12.1 Å². The van der Waals surface area contributed by atoms with Crippen LogP contribution in [-0.4, -0.2) is 26.1 Å². The molecule has 1 N–H and O–H groups in total. The molecule has 1 aromatic carbocycles. The van der Waals surface area contributed by atoms with Crippen LogP contribution in [0.1, 0.15) is 35.8 Å². The van der Waals surface area contributed by atoms with Crippen LogP contribution in [0.5, 0.6) is 0 Å². The summed E-state index contributed by atoms with van der Waals surface area (Å²) in [5, 5.41) is 17.0. The van der Waals surface area contributed by atoms with Gasteiger partial charge in [-0.2, -0.15) is 0 Å². The van der Waals surface area contributed by atoms with E-state index in [1.54, 1.807) is 4.68 Å². The molecule has 0 saturated heterocycles. The maximum absolute atomic E-state index is 11.3. The molecule has 100 valence electrons. The molecule has 1 aromatic heterocycles. The topological polar surface area (TPSA) is 68.0 Å². The van der Waals surface area contributed by atoms with E-state index >= 15 is 0 Å². The summed E-state index contributed by atoms with van der Waals surface area (Å²) >= 11 is 0. The third-order valence-corrected chi connectivity index (χ3v) is 3.06. The summed E-state index contributed by atoms with van der Waals surface area (Å²) in [6.07, 6.45) is 1.97. The van der Waals surface area contributed by atoms with Crippen LogP contribution >= 0.6 is 0 Å². The minimum atomic E-state index is -1.04. The molecule has 0 bridgehead atoms. The lowest BCUT2D eigenvalue weighted by molar-refractivity contribution is 0.0691. The zero-order valence-electron chi connectivity index (χ0n) is 11.1. The van der Waals surface area contributed by atoms with Crippen molar-refractivity contribution >= 4 is 5.97 Å². The average Bonchev–Trinajstić information content (AvgIpc) is 2.80. The number of carbonyl (C=O) groups is 1. The molecule has 0 aliphatic carbocycles. The van der Waals surface area contributed by atoms with Gasteiger partial charge in [-0.05, 0) is 18.9 Å². The van der Waals surface area contributed by atoms with E-state index in [1.807, 2.05) is 31.2 Å². The second-order valence-corrected chi connectivity index (χ2v) is 4.48. The standard InChI is InChI=1S/C14H17N3O2/c1-3-4-9-17-13(12(14(18)19)15-16-17)11-8-6-5-7-10(11)2/h5-8H,3-4,9H2,1-2H3,(H,18,19). The van der Waals surface area contributed by atoms with Crippen LogP contribution in [0.25, 0.3) is 11.3 Å². The number of aromatic carboxylic acids is 1. The van der Waals surface area contributed by atoms with Gasteiger partial charge in [-0.15, -0.1) is 5.10 Å². The summed E-state index contributed by atoms with van der Waals surface area (Å²) in [7, 11) is 0. The molecule has 1 heterocycles. The first-order valence-electron chi connectivity index (χ1n) is 6.38. The van der Waals surface area contributed by atoms with E-state index in [1.165, 1.54) is 0 Å². The Morgan fingerprint density at radius 2 is 2.11 bits per heavy atom. The van der Waals surface area contributed by atoms with E-state index in [-0.39, 0.29) is 5.69 Å². The molecule has 0 fully saturated rings. The highest BCUT2D eigenvalue weighted by Gasteiger charge is 2.21. The molecule has 19 heavy (non-hydrogen) atoms. The molecule has 0 aliphatic heterocycles. The molecular formula is C14H17N3O2. The lowest BCUT2D eigenvalue weighted by Crippen LogP contribution is -2.05. The van der Waals surface area contributed by atoms with Gasteiger partial charge in [0.15, 0.2) is 5.69 Å². The van der Waals surface area contributed by atoms with Crippen LogP contribution < -0.4 is 0 Å². The van der Waals surface area contributed by atoms with Crippen molar-refractivity contribution < 1.29 is 9.90 Å². The fraction of sp³-hybridized carbons (Fsp3) is 0.357. The highest BCUT2D eigenvalue weighted by molar-refractivity contribution is 5.93. The van der Waals surface area contributed by atoms with Gasteiger partial charge in [0.05, 0.1) is 0 Å². The highest BCUT2D eigenvalue weighted by Crippen LogP contribution is 2.25. The monoisotopic (exact) mass is 259 g/mol. The molecule has 0 radical (unpaired) electrons. The maximum Gasteiger partial charge on any atom is 0.358 e. The summed E-state index contributed by atoms with van der Waals surface area (Å²) in [6, 6.07) is 7.69. The van der Waals surface area contributed by atoms with Crippen molar-refractivity contribution in [3.05, 3.63) is 35.5 Å². The number of benzene rings is 1. The molecule has 0 saturated carbocycles. The third-order valence-electron chi connectivity index (χ3n) is 3.06. The van der Waals surface area contributed by atoms with Crippen LogP contribution in [-0.2, 0) is 6.54 Å². The zero-order chi connectivity index (χ0) is 13.8. The second kappa shape index (κ2) is 5.65. The maximum atomic E-state index is 11.3. The Bertz CT molecular complexity index is 590. The predicted octanol–water partition coefficient (Wildman–Crippen LogP) is 2.75. The lowest BCUT2D eigenvalue weighted by atomic mass is 10.0. The highest BCUT2D eigenvalue weighted by atomic mass is 16.4. The van der Waals surface area contributed by atoms with Gasteiger partial charge < -0.3 is 5.11 Å². The number of aromatic nitrogens is 3. The number of hydrogen-bond donors (Lipinski definition) is 1. The molecule has 5 nitrogen and oxygen atoms in total. The molecule has 0 amide bonds. The number of carboxylic acids is 1. The van der Waals surface area contributed by atoms with Gasteiger partial charge in [0.1, 0.15) is 5.69 Å². The zero-order valence-corrected chi connectivity index (χ0v) is 11.1. The van der Waals surface area contributed by atoms with Crippen LogP contribution in [0.4, 0.5) is 0 Å². The fourth-order valence-electron chi connectivity index (χ4n) is 2.03. The number of unbranched alkanes of at least 4 members (excludes halogenated alkanes) is 1. The van der Waals surface area contributed by atoms with Crippen LogP contribution in [0.2, 0.25) is 0 Å². The van der Waals surface area contributed by atoms with Gasteiger partial charge in [-0.3, -0.25) is 0 Å². The summed E-state index contributed by atoms with van der Waals surface area (Å²) in [5.74, 6) is -1.04. The van der Waals surface area contributed by atoms with Crippen LogP contribution in [0.15, 0.2) is 24.3 Å². The molecule has 5 heteroatoms. The van der Waals surface area contributed by atoms with Crippen molar-refractivity contribution in [2.45, 2.75) is 33.2 Å². The summed E-state index contributed by atoms with van der Waals surface area (Å²) in [5.41, 5.74) is 2.51. The molecular weight excluding hydrogens is 242 g/mol. The molecule has 0 aliphatic rings. The first-order chi connectivity index (χ1) is 9.15. The fourth-order valence-corrected chi connectivity index (χ4v) is 2.03. The van der Waals surface area contributed by atoms with Crippen LogP contribution in [0, 0.1) is 6.92 Å². The summed E-state index contributed by atoms with van der Waals surface area (Å²) < 4.78 is 1.69. The van der Waals surface area contributed by atoms with Crippen molar-refractivity contribution in [3.8, 4) is 11.3 Å². The van der Waals surface area contributed by atoms with E-state index < -0.39 is 5.97 Å². The smallest absolute Gasteiger partial charge is 0.358 e. The van der Waals surface area contributed by atoms with E-state index in [2.05, 4.69) is 17.2 Å². The SMILES string of the molecule is CCCCn1nnc(C(=O)O)c1-c1ccccc1C. The Morgan fingerprint density at radius 1 is 1.37 bits per heavy atom. The number of aryl methyl sites for hydroxylation is 2. The first-order valence-corrected chi connectivity index (χ1v) is 6.38. The molecule has 2 aromatic rings. The van der Waals surface area contributed by atoms with Gasteiger partial charge >= 0.3 is 5.97 Å². The number of nitrogens with zero attached hydrogens (tertiary/aromatic N) is 3. The van der Waals surface area contributed by atoms with Crippen molar-refractivity contribution in [3.63, 3.8) is 0 Å². The van der Waals surface area contributed by atoms with Gasteiger partial charge in [-0.25, -0.2) is 9.48 Å². The largest absolute Gasteiger partial charge is 0.476 e. The van der Waals surface area contributed by atoms with E-state index in [4.69, 9.17) is 0 Å². The normalized spacial score (nSPS) is 10.6. The Labute approximate surface area is 111 Å². The summed E-state index contributed by atoms with van der Waals surface area (Å²) in [4.78, 5) is 11.3. The van der Waals surface area contributed by atoms with Crippen molar-refractivity contribution in [1.29, 1.82) is 0 Å². The number of hydrogen-bond acceptors (Lipinski definition) is 3. The molecule has 2 rings (SSSR count). The molecule has 0 atom stereocenters. The Kier molecular flexibility index (Phi) is 3.94. The Balaban J connectivity index is 2.55.